The number of hydrogen-bond acceptors (Lipinski definition) is 1. The first-order valence-electron chi connectivity index (χ1n) is 5.43. The van der Waals surface area contributed by atoms with Gasteiger partial charge in [0.15, 0.2) is 0 Å². The van der Waals surface area contributed by atoms with E-state index in [1.54, 1.807) is 6.07 Å². The maximum Gasteiger partial charge on any atom is 0.0612 e. The molecule has 0 aromatic heterocycles. The smallest absolute Gasteiger partial charge is 0.0612 e. The Labute approximate surface area is 111 Å². The minimum atomic E-state index is 0.230. The fourth-order valence-electron chi connectivity index (χ4n) is 1.66. The molecule has 0 aliphatic rings. The van der Waals surface area contributed by atoms with Crippen molar-refractivity contribution in [3.8, 4) is 0 Å². The molecule has 3 heteroatoms. The molecule has 0 heterocycles. The van der Waals surface area contributed by atoms with Crippen LogP contribution in [0.4, 0.5) is 5.69 Å². The van der Waals surface area contributed by atoms with Gasteiger partial charge in [0, 0.05) is 11.7 Å². The van der Waals surface area contributed by atoms with Crippen LogP contribution in [0.5, 0.6) is 0 Å². The molecule has 0 radical (unpaired) electrons. The average molecular weight is 266 g/mol. The summed E-state index contributed by atoms with van der Waals surface area (Å²) in [6.45, 7) is 2.11. The Balaban J connectivity index is 2.13. The van der Waals surface area contributed by atoms with Crippen LogP contribution in [-0.4, -0.2) is 0 Å². The van der Waals surface area contributed by atoms with Gasteiger partial charge in [-0.3, -0.25) is 0 Å². The first kappa shape index (κ1) is 12.3. The Morgan fingerprint density at radius 3 is 2.29 bits per heavy atom. The van der Waals surface area contributed by atoms with Crippen molar-refractivity contribution in [2.24, 2.45) is 0 Å². The third-order valence-electron chi connectivity index (χ3n) is 2.60. The molecule has 0 amide bonds. The molecule has 88 valence electrons. The zero-order valence-corrected chi connectivity index (χ0v) is 11.0. The van der Waals surface area contributed by atoms with Gasteiger partial charge in [0.2, 0.25) is 0 Å². The summed E-state index contributed by atoms with van der Waals surface area (Å²) in [5.74, 6) is 0. The number of rotatable bonds is 3. The number of anilines is 1. The van der Waals surface area contributed by atoms with E-state index in [-0.39, 0.29) is 6.04 Å². The molecule has 0 bridgehead atoms. The highest BCUT2D eigenvalue weighted by molar-refractivity contribution is 6.42. The highest BCUT2D eigenvalue weighted by atomic mass is 35.5. The second-order valence-electron chi connectivity index (χ2n) is 3.91. The molecule has 17 heavy (non-hydrogen) atoms. The van der Waals surface area contributed by atoms with E-state index >= 15 is 0 Å². The average Bonchev–Trinajstić information content (AvgIpc) is 2.35. The standard InChI is InChI=1S/C14H13Cl2N/c1-10(11-5-3-2-4-6-11)17-12-7-8-13(15)14(16)9-12/h2-10,17H,1H3/t10-/m0/s1. The largest absolute Gasteiger partial charge is 0.378 e. The Morgan fingerprint density at radius 1 is 0.941 bits per heavy atom. The van der Waals surface area contributed by atoms with Crippen LogP contribution >= 0.6 is 23.2 Å². The van der Waals surface area contributed by atoms with Crippen molar-refractivity contribution in [3.05, 3.63) is 64.1 Å². The molecule has 1 atom stereocenters. The predicted octanol–water partition coefficient (Wildman–Crippen LogP) is 5.17. The van der Waals surface area contributed by atoms with E-state index in [2.05, 4.69) is 24.4 Å². The molecule has 0 spiro atoms. The molecule has 0 aliphatic heterocycles. The van der Waals surface area contributed by atoms with Gasteiger partial charge in [-0.15, -0.1) is 0 Å². The molecule has 2 aromatic rings. The van der Waals surface area contributed by atoms with Crippen molar-refractivity contribution < 1.29 is 0 Å². The molecular weight excluding hydrogens is 253 g/mol. The molecule has 2 rings (SSSR count). The van der Waals surface area contributed by atoms with Crippen molar-refractivity contribution in [3.63, 3.8) is 0 Å². The van der Waals surface area contributed by atoms with E-state index in [0.29, 0.717) is 10.0 Å². The second kappa shape index (κ2) is 5.44. The van der Waals surface area contributed by atoms with E-state index in [9.17, 15) is 0 Å². The molecule has 0 saturated heterocycles. The Kier molecular flexibility index (Phi) is 3.93. The Hall–Kier alpha value is -1.18. The minimum Gasteiger partial charge on any atom is -0.378 e. The monoisotopic (exact) mass is 265 g/mol. The highest BCUT2D eigenvalue weighted by Gasteiger charge is 2.05. The third-order valence-corrected chi connectivity index (χ3v) is 3.34. The van der Waals surface area contributed by atoms with Gasteiger partial charge < -0.3 is 5.32 Å². The van der Waals surface area contributed by atoms with Gasteiger partial charge >= 0.3 is 0 Å². The van der Waals surface area contributed by atoms with Crippen LogP contribution in [-0.2, 0) is 0 Å². The minimum absolute atomic E-state index is 0.230. The maximum absolute atomic E-state index is 5.97. The van der Waals surface area contributed by atoms with Crippen LogP contribution in [0.3, 0.4) is 0 Å². The van der Waals surface area contributed by atoms with Gasteiger partial charge in [-0.1, -0.05) is 53.5 Å². The molecule has 0 saturated carbocycles. The zero-order valence-electron chi connectivity index (χ0n) is 9.45. The van der Waals surface area contributed by atoms with Crippen molar-refractivity contribution in [1.29, 1.82) is 0 Å². The zero-order chi connectivity index (χ0) is 12.3. The van der Waals surface area contributed by atoms with Crippen LogP contribution in [0.25, 0.3) is 0 Å². The second-order valence-corrected chi connectivity index (χ2v) is 4.72. The number of halogens is 2. The summed E-state index contributed by atoms with van der Waals surface area (Å²) < 4.78 is 0. The van der Waals surface area contributed by atoms with Crippen molar-refractivity contribution in [2.75, 3.05) is 5.32 Å². The van der Waals surface area contributed by atoms with E-state index < -0.39 is 0 Å². The fraction of sp³-hybridized carbons (Fsp3) is 0.143. The van der Waals surface area contributed by atoms with Crippen LogP contribution in [0, 0.1) is 0 Å². The lowest BCUT2D eigenvalue weighted by Crippen LogP contribution is -2.06. The molecule has 1 N–H and O–H groups in total. The van der Waals surface area contributed by atoms with E-state index in [4.69, 9.17) is 23.2 Å². The van der Waals surface area contributed by atoms with Crippen LogP contribution < -0.4 is 5.32 Å². The van der Waals surface area contributed by atoms with Crippen LogP contribution in [0.2, 0.25) is 10.0 Å². The van der Waals surface area contributed by atoms with Crippen molar-refractivity contribution >= 4 is 28.9 Å². The summed E-state index contributed by atoms with van der Waals surface area (Å²) in [5, 5.41) is 4.52. The fourth-order valence-corrected chi connectivity index (χ4v) is 1.96. The third kappa shape index (κ3) is 3.15. The maximum atomic E-state index is 5.97. The van der Waals surface area contributed by atoms with Gasteiger partial charge in [0.05, 0.1) is 10.0 Å². The molecule has 0 fully saturated rings. The lowest BCUT2D eigenvalue weighted by atomic mass is 10.1. The normalized spacial score (nSPS) is 12.2. The molecular formula is C14H13Cl2N. The van der Waals surface area contributed by atoms with E-state index in [1.165, 1.54) is 5.56 Å². The number of nitrogens with one attached hydrogen (secondary N) is 1. The van der Waals surface area contributed by atoms with Gasteiger partial charge in [-0.2, -0.15) is 0 Å². The summed E-state index contributed by atoms with van der Waals surface area (Å²) in [5.41, 5.74) is 2.20. The number of benzene rings is 2. The lowest BCUT2D eigenvalue weighted by Gasteiger charge is -2.16. The van der Waals surface area contributed by atoms with Gasteiger partial charge in [0.1, 0.15) is 0 Å². The Bertz CT molecular complexity index is 497. The molecule has 1 nitrogen and oxygen atoms in total. The van der Waals surface area contributed by atoms with Gasteiger partial charge in [-0.25, -0.2) is 0 Å². The quantitative estimate of drug-likeness (QED) is 0.808. The SMILES string of the molecule is C[C@H](Nc1ccc(Cl)c(Cl)c1)c1ccccc1. The van der Waals surface area contributed by atoms with Crippen molar-refractivity contribution in [1.82, 2.24) is 0 Å². The lowest BCUT2D eigenvalue weighted by molar-refractivity contribution is 0.885. The molecule has 0 unspecified atom stereocenters. The van der Waals surface area contributed by atoms with Crippen LogP contribution in [0.15, 0.2) is 48.5 Å². The summed E-state index contributed by atoms with van der Waals surface area (Å²) >= 11 is 11.8. The first-order valence-corrected chi connectivity index (χ1v) is 6.19. The molecule has 0 aliphatic carbocycles. The summed E-state index contributed by atoms with van der Waals surface area (Å²) in [7, 11) is 0. The highest BCUT2D eigenvalue weighted by Crippen LogP contribution is 2.27. The summed E-state index contributed by atoms with van der Waals surface area (Å²) in [4.78, 5) is 0. The topological polar surface area (TPSA) is 12.0 Å². The van der Waals surface area contributed by atoms with Gasteiger partial charge in [0.25, 0.3) is 0 Å². The Morgan fingerprint density at radius 2 is 1.65 bits per heavy atom. The molecule has 2 aromatic carbocycles. The number of hydrogen-bond donors (Lipinski definition) is 1. The first-order chi connectivity index (χ1) is 8.16. The summed E-state index contributed by atoms with van der Waals surface area (Å²) in [6.07, 6.45) is 0. The predicted molar refractivity (Wildman–Crippen MR) is 74.9 cm³/mol. The van der Waals surface area contributed by atoms with Gasteiger partial charge in [-0.05, 0) is 30.7 Å². The van der Waals surface area contributed by atoms with E-state index in [0.717, 1.165) is 5.69 Å². The van der Waals surface area contributed by atoms with Crippen molar-refractivity contribution in [2.45, 2.75) is 13.0 Å². The van der Waals surface area contributed by atoms with Crippen LogP contribution in [0.1, 0.15) is 18.5 Å². The van der Waals surface area contributed by atoms with E-state index in [1.807, 2.05) is 30.3 Å². The summed E-state index contributed by atoms with van der Waals surface area (Å²) in [6, 6.07) is 16.0.